The van der Waals surface area contributed by atoms with Crippen molar-refractivity contribution < 1.29 is 9.59 Å². The highest BCUT2D eigenvalue weighted by Gasteiger charge is 2.24. The minimum absolute atomic E-state index is 0.112. The molecule has 0 atom stereocenters. The third kappa shape index (κ3) is 3.98. The summed E-state index contributed by atoms with van der Waals surface area (Å²) in [4.78, 5) is 28.4. The topological polar surface area (TPSA) is 66.6 Å². The minimum Gasteiger partial charge on any atom is -0.339 e. The number of carbonyl (C=O) groups excluding carboxylic acids is 2. The van der Waals surface area contributed by atoms with Crippen LogP contribution in [0.15, 0.2) is 24.3 Å². The van der Waals surface area contributed by atoms with Crippen LogP contribution in [-0.4, -0.2) is 53.7 Å². The van der Waals surface area contributed by atoms with Gasteiger partial charge in [0.05, 0.1) is 0 Å². The van der Waals surface area contributed by atoms with Crippen molar-refractivity contribution in [2.75, 3.05) is 26.2 Å². The summed E-state index contributed by atoms with van der Waals surface area (Å²) in [7, 11) is 0. The van der Waals surface area contributed by atoms with Gasteiger partial charge in [-0.3, -0.25) is 14.5 Å². The van der Waals surface area contributed by atoms with Gasteiger partial charge in [0.25, 0.3) is 5.91 Å². The summed E-state index contributed by atoms with van der Waals surface area (Å²) in [5, 5.41) is 0. The van der Waals surface area contributed by atoms with E-state index in [1.54, 1.807) is 0 Å². The van der Waals surface area contributed by atoms with Crippen LogP contribution in [0.1, 0.15) is 41.6 Å². The number of amides is 1. The number of ketones is 1. The Morgan fingerprint density at radius 3 is 2.43 bits per heavy atom. The zero-order valence-electron chi connectivity index (χ0n) is 13.5. The van der Waals surface area contributed by atoms with E-state index in [-0.39, 0.29) is 11.9 Å². The molecule has 2 aliphatic heterocycles. The van der Waals surface area contributed by atoms with Crippen molar-refractivity contribution in [3.8, 4) is 0 Å². The van der Waals surface area contributed by atoms with E-state index < -0.39 is 0 Å². The van der Waals surface area contributed by atoms with Gasteiger partial charge in [-0.25, -0.2) is 0 Å². The van der Waals surface area contributed by atoms with E-state index in [4.69, 9.17) is 5.73 Å². The van der Waals surface area contributed by atoms with Crippen molar-refractivity contribution in [1.29, 1.82) is 0 Å². The highest BCUT2D eigenvalue weighted by molar-refractivity contribution is 5.95. The fourth-order valence-electron chi connectivity index (χ4n) is 3.34. The summed E-state index contributed by atoms with van der Waals surface area (Å²) < 4.78 is 0. The van der Waals surface area contributed by atoms with Gasteiger partial charge in [-0.1, -0.05) is 18.2 Å². The molecule has 23 heavy (non-hydrogen) atoms. The standard InChI is InChI=1S/C18H25N3O2/c19-15-5-11-21(12-6-15)18(23)17-4-2-1-3-14(17)13-20-9-7-16(22)8-10-20/h1-4,15H,5-13,19H2. The van der Waals surface area contributed by atoms with Gasteiger partial charge in [0, 0.05) is 57.2 Å². The number of hydrogen-bond donors (Lipinski definition) is 1. The molecule has 1 aromatic carbocycles. The van der Waals surface area contributed by atoms with Crippen molar-refractivity contribution in [2.45, 2.75) is 38.3 Å². The molecule has 2 aliphatic rings. The van der Waals surface area contributed by atoms with E-state index in [1.807, 2.05) is 29.2 Å². The van der Waals surface area contributed by atoms with E-state index in [0.717, 1.165) is 56.7 Å². The van der Waals surface area contributed by atoms with Crippen LogP contribution in [0.2, 0.25) is 0 Å². The monoisotopic (exact) mass is 315 g/mol. The number of nitrogens with two attached hydrogens (primary N) is 1. The average molecular weight is 315 g/mol. The summed E-state index contributed by atoms with van der Waals surface area (Å²) in [5.41, 5.74) is 7.78. The molecule has 0 saturated carbocycles. The first-order chi connectivity index (χ1) is 11.1. The Kier molecular flexibility index (Phi) is 5.08. The second kappa shape index (κ2) is 7.23. The molecule has 0 spiro atoms. The second-order valence-electron chi connectivity index (χ2n) is 6.60. The number of likely N-dealkylation sites (tertiary alicyclic amines) is 2. The first kappa shape index (κ1) is 16.1. The second-order valence-corrected chi connectivity index (χ2v) is 6.60. The molecule has 5 nitrogen and oxygen atoms in total. The van der Waals surface area contributed by atoms with Crippen LogP contribution >= 0.6 is 0 Å². The van der Waals surface area contributed by atoms with E-state index in [1.165, 1.54) is 0 Å². The molecule has 124 valence electrons. The zero-order chi connectivity index (χ0) is 16.2. The molecule has 5 heteroatoms. The van der Waals surface area contributed by atoms with Crippen molar-refractivity contribution in [3.63, 3.8) is 0 Å². The SMILES string of the molecule is NC1CCN(C(=O)c2ccccc2CN2CCC(=O)CC2)CC1. The maximum atomic E-state index is 12.8. The van der Waals surface area contributed by atoms with Crippen LogP contribution in [0.4, 0.5) is 0 Å². The highest BCUT2D eigenvalue weighted by Crippen LogP contribution is 2.19. The van der Waals surface area contributed by atoms with Crippen LogP contribution in [0.5, 0.6) is 0 Å². The Labute approximate surface area is 137 Å². The average Bonchev–Trinajstić information content (AvgIpc) is 2.57. The summed E-state index contributed by atoms with van der Waals surface area (Å²) >= 11 is 0. The number of Topliss-reactive ketones (excluding diaryl/α,β-unsaturated/α-hetero) is 1. The van der Waals surface area contributed by atoms with Crippen molar-refractivity contribution in [3.05, 3.63) is 35.4 Å². The first-order valence-corrected chi connectivity index (χ1v) is 8.50. The fraction of sp³-hybridized carbons (Fsp3) is 0.556. The largest absolute Gasteiger partial charge is 0.339 e. The quantitative estimate of drug-likeness (QED) is 0.916. The summed E-state index contributed by atoms with van der Waals surface area (Å²) in [6.45, 7) is 3.81. The molecule has 0 radical (unpaired) electrons. The van der Waals surface area contributed by atoms with Crippen molar-refractivity contribution in [1.82, 2.24) is 9.80 Å². The fourth-order valence-corrected chi connectivity index (χ4v) is 3.34. The summed E-state index contributed by atoms with van der Waals surface area (Å²) in [6, 6.07) is 8.07. The molecule has 0 bridgehead atoms. The summed E-state index contributed by atoms with van der Waals surface area (Å²) in [6.07, 6.45) is 3.00. The number of carbonyl (C=O) groups is 2. The van der Waals surface area contributed by atoms with Crippen molar-refractivity contribution >= 4 is 11.7 Å². The lowest BCUT2D eigenvalue weighted by Crippen LogP contribution is -2.43. The van der Waals surface area contributed by atoms with Gasteiger partial charge in [0.2, 0.25) is 0 Å². The molecule has 3 rings (SSSR count). The van der Waals surface area contributed by atoms with E-state index >= 15 is 0 Å². The third-order valence-corrected chi connectivity index (χ3v) is 4.88. The van der Waals surface area contributed by atoms with Crippen LogP contribution in [0.25, 0.3) is 0 Å². The normalized spacial score (nSPS) is 20.7. The Hall–Kier alpha value is -1.72. The van der Waals surface area contributed by atoms with Gasteiger partial charge < -0.3 is 10.6 Å². The van der Waals surface area contributed by atoms with Gasteiger partial charge in [0.15, 0.2) is 0 Å². The van der Waals surface area contributed by atoms with Crippen LogP contribution < -0.4 is 5.73 Å². The van der Waals surface area contributed by atoms with Gasteiger partial charge >= 0.3 is 0 Å². The highest BCUT2D eigenvalue weighted by atomic mass is 16.2. The van der Waals surface area contributed by atoms with Gasteiger partial charge in [0.1, 0.15) is 5.78 Å². The number of nitrogens with zero attached hydrogens (tertiary/aromatic N) is 2. The van der Waals surface area contributed by atoms with Gasteiger partial charge in [-0.05, 0) is 24.5 Å². The first-order valence-electron chi connectivity index (χ1n) is 8.50. The predicted octanol–water partition coefficient (Wildman–Crippen LogP) is 1.41. The van der Waals surface area contributed by atoms with Crippen LogP contribution in [0.3, 0.4) is 0 Å². The molecule has 0 unspecified atom stereocenters. The maximum absolute atomic E-state index is 12.8. The number of rotatable bonds is 3. The molecule has 2 fully saturated rings. The molecule has 2 heterocycles. The molecule has 1 aromatic rings. The van der Waals surface area contributed by atoms with Crippen molar-refractivity contribution in [2.24, 2.45) is 5.73 Å². The van der Waals surface area contributed by atoms with Crippen LogP contribution in [0, 0.1) is 0 Å². The molecular formula is C18H25N3O2. The zero-order valence-corrected chi connectivity index (χ0v) is 13.5. The van der Waals surface area contributed by atoms with E-state index in [9.17, 15) is 9.59 Å². The summed E-state index contributed by atoms with van der Waals surface area (Å²) in [5.74, 6) is 0.454. The lowest BCUT2D eigenvalue weighted by atomic mass is 10.0. The Morgan fingerprint density at radius 1 is 1.09 bits per heavy atom. The smallest absolute Gasteiger partial charge is 0.254 e. The Bertz CT molecular complexity index is 569. The maximum Gasteiger partial charge on any atom is 0.254 e. The third-order valence-electron chi connectivity index (χ3n) is 4.88. The molecule has 2 N–H and O–H groups in total. The Morgan fingerprint density at radius 2 is 1.74 bits per heavy atom. The van der Waals surface area contributed by atoms with E-state index in [0.29, 0.717) is 18.6 Å². The molecular weight excluding hydrogens is 290 g/mol. The van der Waals surface area contributed by atoms with Gasteiger partial charge in [-0.2, -0.15) is 0 Å². The van der Waals surface area contributed by atoms with E-state index in [2.05, 4.69) is 4.90 Å². The predicted molar refractivity (Wildman–Crippen MR) is 89.1 cm³/mol. The number of benzene rings is 1. The lowest BCUT2D eigenvalue weighted by molar-refractivity contribution is -0.121. The molecule has 0 aromatic heterocycles. The lowest BCUT2D eigenvalue weighted by Gasteiger charge is -2.31. The van der Waals surface area contributed by atoms with Gasteiger partial charge in [-0.15, -0.1) is 0 Å². The number of hydrogen-bond acceptors (Lipinski definition) is 4. The minimum atomic E-state index is 0.112. The Balaban J connectivity index is 1.70. The molecule has 1 amide bonds. The molecule has 0 aliphatic carbocycles. The molecule has 2 saturated heterocycles. The van der Waals surface area contributed by atoms with Crippen LogP contribution in [-0.2, 0) is 11.3 Å². The number of piperidine rings is 2.